The van der Waals surface area contributed by atoms with Gasteiger partial charge in [0.25, 0.3) is 5.89 Å². The lowest BCUT2D eigenvalue weighted by Gasteiger charge is -1.99. The fraction of sp³-hybridized carbons (Fsp3) is 0.100. The Labute approximate surface area is 165 Å². The molecule has 0 unspecified atom stereocenters. The molecule has 0 N–H and O–H groups in total. The summed E-state index contributed by atoms with van der Waals surface area (Å²) in [5, 5.41) is 4.23. The van der Waals surface area contributed by atoms with Crippen molar-refractivity contribution < 1.29 is 14.1 Å². The molecule has 28 heavy (non-hydrogen) atoms. The van der Waals surface area contributed by atoms with E-state index in [4.69, 9.17) is 20.9 Å². The molecule has 0 aliphatic rings. The van der Waals surface area contributed by atoms with Crippen LogP contribution in [0.15, 0.2) is 59.3 Å². The maximum absolute atomic E-state index is 12.0. The zero-order valence-electron chi connectivity index (χ0n) is 14.9. The predicted octanol–water partition coefficient (Wildman–Crippen LogP) is 4.10. The van der Waals surface area contributed by atoms with Gasteiger partial charge in [-0.05, 0) is 30.7 Å². The summed E-state index contributed by atoms with van der Waals surface area (Å²) < 4.78 is 12.1. The Kier molecular flexibility index (Phi) is 4.90. The van der Waals surface area contributed by atoms with Gasteiger partial charge in [0.2, 0.25) is 5.82 Å². The van der Waals surface area contributed by atoms with Crippen molar-refractivity contribution in [3.63, 3.8) is 0 Å². The van der Waals surface area contributed by atoms with Crippen LogP contribution in [0.5, 0.6) is 0 Å². The minimum absolute atomic E-state index is 0.122. The predicted molar refractivity (Wildman–Crippen MR) is 104 cm³/mol. The molecule has 0 fully saturated rings. The van der Waals surface area contributed by atoms with Gasteiger partial charge in [-0.1, -0.05) is 47.1 Å². The first-order chi connectivity index (χ1) is 13.6. The number of aryl methyl sites for hydroxylation is 1. The maximum atomic E-state index is 12.0. The van der Waals surface area contributed by atoms with Crippen LogP contribution in [0, 0.1) is 6.92 Å². The summed E-state index contributed by atoms with van der Waals surface area (Å²) in [7, 11) is 0. The first kappa shape index (κ1) is 17.9. The molecule has 7 nitrogen and oxygen atoms in total. The van der Waals surface area contributed by atoms with Crippen LogP contribution in [-0.2, 0) is 16.1 Å². The van der Waals surface area contributed by atoms with E-state index in [1.807, 2.05) is 55.6 Å². The lowest BCUT2D eigenvalue weighted by Crippen LogP contribution is -2.01. The Balaban J connectivity index is 1.42. The van der Waals surface area contributed by atoms with E-state index in [1.165, 1.54) is 6.08 Å². The number of hydrogen-bond donors (Lipinski definition) is 0. The number of pyridine rings is 1. The Bertz CT molecular complexity index is 1180. The first-order valence-electron chi connectivity index (χ1n) is 8.48. The third-order valence-electron chi connectivity index (χ3n) is 4.09. The summed E-state index contributed by atoms with van der Waals surface area (Å²) in [5.41, 5.74) is 3.18. The number of nitrogens with zero attached hydrogens (tertiary/aromatic N) is 4. The zero-order chi connectivity index (χ0) is 19.5. The van der Waals surface area contributed by atoms with Crippen molar-refractivity contribution in [2.24, 2.45) is 0 Å². The molecule has 1 aromatic carbocycles. The first-order valence-corrected chi connectivity index (χ1v) is 8.85. The lowest BCUT2D eigenvalue weighted by molar-refractivity contribution is -0.139. The summed E-state index contributed by atoms with van der Waals surface area (Å²) >= 11 is 6.13. The Morgan fingerprint density at radius 1 is 1.21 bits per heavy atom. The van der Waals surface area contributed by atoms with E-state index in [1.54, 1.807) is 10.5 Å². The van der Waals surface area contributed by atoms with Crippen molar-refractivity contribution in [1.82, 2.24) is 19.5 Å². The van der Waals surface area contributed by atoms with Gasteiger partial charge >= 0.3 is 5.97 Å². The normalized spacial score (nSPS) is 11.4. The van der Waals surface area contributed by atoms with Crippen molar-refractivity contribution in [2.45, 2.75) is 13.5 Å². The molecule has 3 heterocycles. The third-order valence-corrected chi connectivity index (χ3v) is 4.37. The van der Waals surface area contributed by atoms with Gasteiger partial charge in [-0.3, -0.25) is 4.40 Å². The highest BCUT2D eigenvalue weighted by Gasteiger charge is 2.12. The zero-order valence-corrected chi connectivity index (χ0v) is 15.6. The maximum Gasteiger partial charge on any atom is 0.331 e. The molecule has 4 rings (SSSR count). The molecule has 0 aliphatic heterocycles. The number of rotatable bonds is 5. The average Bonchev–Trinajstić information content (AvgIpc) is 3.29. The van der Waals surface area contributed by atoms with Gasteiger partial charge in [0.15, 0.2) is 11.8 Å². The van der Waals surface area contributed by atoms with Crippen molar-refractivity contribution in [2.75, 3.05) is 0 Å². The molecule has 140 valence electrons. The minimum atomic E-state index is -0.558. The quantitative estimate of drug-likeness (QED) is 0.374. The SMILES string of the molecule is Cc1ccccc1-c1noc(COC(=O)/C=C/c2c(Cl)nc3ccccn23)n1. The van der Waals surface area contributed by atoms with Gasteiger partial charge in [-0.2, -0.15) is 4.98 Å². The van der Waals surface area contributed by atoms with Crippen LogP contribution in [0.25, 0.3) is 23.1 Å². The van der Waals surface area contributed by atoms with Crippen molar-refractivity contribution in [3.8, 4) is 11.4 Å². The number of carbonyl (C=O) groups is 1. The second kappa shape index (κ2) is 7.66. The van der Waals surface area contributed by atoms with E-state index in [9.17, 15) is 4.79 Å². The Morgan fingerprint density at radius 2 is 2.04 bits per heavy atom. The molecule has 0 saturated carbocycles. The van der Waals surface area contributed by atoms with Gasteiger partial charge < -0.3 is 9.26 Å². The third kappa shape index (κ3) is 3.65. The number of imidazole rings is 1. The molecule has 0 bridgehead atoms. The number of benzene rings is 1. The Morgan fingerprint density at radius 3 is 2.89 bits per heavy atom. The monoisotopic (exact) mass is 394 g/mol. The van der Waals surface area contributed by atoms with Gasteiger partial charge in [0.05, 0.1) is 5.69 Å². The number of ether oxygens (including phenoxy) is 1. The van der Waals surface area contributed by atoms with E-state index in [0.717, 1.165) is 11.1 Å². The molecule has 0 amide bonds. The van der Waals surface area contributed by atoms with Crippen LogP contribution < -0.4 is 0 Å². The van der Waals surface area contributed by atoms with Gasteiger partial charge in [0, 0.05) is 17.8 Å². The average molecular weight is 395 g/mol. The summed E-state index contributed by atoms with van der Waals surface area (Å²) in [4.78, 5) is 20.5. The second-order valence-corrected chi connectivity index (χ2v) is 6.34. The fourth-order valence-corrected chi connectivity index (χ4v) is 2.95. The minimum Gasteiger partial charge on any atom is -0.452 e. The number of halogens is 1. The van der Waals surface area contributed by atoms with Crippen LogP contribution in [0.1, 0.15) is 17.1 Å². The van der Waals surface area contributed by atoms with Crippen molar-refractivity contribution >= 4 is 29.3 Å². The fourth-order valence-electron chi connectivity index (χ4n) is 2.71. The topological polar surface area (TPSA) is 82.5 Å². The molecular weight excluding hydrogens is 380 g/mol. The molecule has 8 heteroatoms. The molecule has 4 aromatic rings. The van der Waals surface area contributed by atoms with E-state index in [0.29, 0.717) is 22.3 Å². The Hall–Kier alpha value is -3.45. The standard InChI is InChI=1S/C20H15ClN4O3/c1-13-6-2-3-7-14(13)20-23-17(28-24-20)12-27-18(26)10-9-15-19(21)22-16-8-4-5-11-25(15)16/h2-11H,12H2,1H3/b10-9+. The highest BCUT2D eigenvalue weighted by Crippen LogP contribution is 2.20. The van der Waals surface area contributed by atoms with E-state index in [-0.39, 0.29) is 12.5 Å². The number of aromatic nitrogens is 4. The summed E-state index contributed by atoms with van der Waals surface area (Å²) in [5.74, 6) is 0.114. The number of carbonyl (C=O) groups excluding carboxylic acids is 1. The van der Waals surface area contributed by atoms with E-state index < -0.39 is 5.97 Å². The largest absolute Gasteiger partial charge is 0.452 e. The van der Waals surface area contributed by atoms with Crippen LogP contribution in [0.4, 0.5) is 0 Å². The number of hydrogen-bond acceptors (Lipinski definition) is 6. The molecule has 3 aromatic heterocycles. The van der Waals surface area contributed by atoms with E-state index in [2.05, 4.69) is 15.1 Å². The smallest absolute Gasteiger partial charge is 0.331 e. The van der Waals surface area contributed by atoms with Crippen LogP contribution in [-0.4, -0.2) is 25.5 Å². The lowest BCUT2D eigenvalue weighted by atomic mass is 10.1. The van der Waals surface area contributed by atoms with Crippen molar-refractivity contribution in [1.29, 1.82) is 0 Å². The van der Waals surface area contributed by atoms with Crippen LogP contribution >= 0.6 is 11.6 Å². The van der Waals surface area contributed by atoms with Gasteiger partial charge in [-0.25, -0.2) is 9.78 Å². The van der Waals surface area contributed by atoms with Gasteiger partial charge in [-0.15, -0.1) is 0 Å². The summed E-state index contributed by atoms with van der Waals surface area (Å²) in [6.07, 6.45) is 4.64. The molecule has 0 spiro atoms. The molecule has 0 aliphatic carbocycles. The molecule has 0 radical (unpaired) electrons. The molecule has 0 atom stereocenters. The van der Waals surface area contributed by atoms with Crippen molar-refractivity contribution in [3.05, 3.63) is 77.0 Å². The second-order valence-electron chi connectivity index (χ2n) is 5.98. The number of esters is 1. The molecular formula is C20H15ClN4O3. The molecule has 0 saturated heterocycles. The summed E-state index contributed by atoms with van der Waals surface area (Å²) in [6, 6.07) is 13.2. The van der Waals surface area contributed by atoms with Crippen LogP contribution in [0.3, 0.4) is 0 Å². The van der Waals surface area contributed by atoms with E-state index >= 15 is 0 Å². The summed E-state index contributed by atoms with van der Waals surface area (Å²) in [6.45, 7) is 1.84. The highest BCUT2D eigenvalue weighted by atomic mass is 35.5. The number of fused-ring (bicyclic) bond motifs is 1. The van der Waals surface area contributed by atoms with Crippen LogP contribution in [0.2, 0.25) is 5.15 Å². The van der Waals surface area contributed by atoms with Gasteiger partial charge in [0.1, 0.15) is 5.65 Å². The highest BCUT2D eigenvalue weighted by molar-refractivity contribution is 6.31.